The number of nitrogens with zero attached hydrogens (tertiary/aromatic N) is 4. The number of aliphatic hydroxyl groups is 1. The number of sulfonamides is 1. The Balaban J connectivity index is 0.981. The summed E-state index contributed by atoms with van der Waals surface area (Å²) in [4.78, 5) is 63.8. The molecule has 6 rings (SSSR count). The van der Waals surface area contributed by atoms with E-state index in [0.29, 0.717) is 11.3 Å². The molecule has 4 heterocycles. The summed E-state index contributed by atoms with van der Waals surface area (Å²) in [6, 6.07) is 14.0. The Morgan fingerprint density at radius 3 is 2.37 bits per heavy atom. The first-order valence-electron chi connectivity index (χ1n) is 20.1. The van der Waals surface area contributed by atoms with Crippen LogP contribution in [0.3, 0.4) is 0 Å². The van der Waals surface area contributed by atoms with Gasteiger partial charge in [0.1, 0.15) is 30.9 Å². The molecular formula is C42H48F2N10O9S2. The highest BCUT2D eigenvalue weighted by molar-refractivity contribution is 7.93. The number of carbonyl (C=O) groups is 4. The number of nitrogens with one attached hydrogen (secondary N) is 5. The van der Waals surface area contributed by atoms with E-state index in [1.54, 1.807) is 48.4 Å². The number of hydrogen-bond acceptors (Lipinski definition) is 14. The molecule has 65 heavy (non-hydrogen) atoms. The Hall–Kier alpha value is -6.56. The largest absolute Gasteiger partial charge is 0.475 e. The molecule has 1 saturated heterocycles. The second-order valence-electron chi connectivity index (χ2n) is 16.0. The molecule has 8 N–H and O–H groups in total. The number of aryl methyl sites for hydroxylation is 1. The number of amides is 4. The van der Waals surface area contributed by atoms with Crippen molar-refractivity contribution in [2.75, 3.05) is 36.4 Å². The first kappa shape index (κ1) is 47.9. The molecule has 2 aromatic carbocycles. The van der Waals surface area contributed by atoms with Crippen molar-refractivity contribution < 1.29 is 51.0 Å². The molecule has 1 aliphatic rings. The number of aliphatic hydroxyl groups excluding tert-OH is 1. The minimum Gasteiger partial charge on any atom is -0.475 e. The number of likely N-dealkylation sites (tertiary alicyclic amines) is 1. The highest BCUT2D eigenvalue weighted by Crippen LogP contribution is 2.31. The van der Waals surface area contributed by atoms with Crippen LogP contribution < -0.4 is 31.1 Å². The quantitative estimate of drug-likeness (QED) is 0.0580. The molecule has 4 amide bonds. The lowest BCUT2D eigenvalue weighted by atomic mass is 9.85. The van der Waals surface area contributed by atoms with Gasteiger partial charge in [0.2, 0.25) is 23.6 Å². The molecule has 3 aromatic heterocycles. The lowest BCUT2D eigenvalue weighted by Crippen LogP contribution is -2.58. The van der Waals surface area contributed by atoms with Gasteiger partial charge in [0.25, 0.3) is 15.9 Å². The predicted octanol–water partition coefficient (Wildman–Crippen LogP) is 3.91. The topological polar surface area (TPSA) is 273 Å². The molecule has 0 aliphatic carbocycles. The summed E-state index contributed by atoms with van der Waals surface area (Å²) in [6.07, 6.45) is 0.538. The van der Waals surface area contributed by atoms with Gasteiger partial charge in [-0.1, -0.05) is 57.2 Å². The van der Waals surface area contributed by atoms with Gasteiger partial charge in [-0.05, 0) is 41.7 Å². The standard InChI is InChI=1S/C42H48F2N10O9S2/c1-23-35(64-22-48-23)26-7-5-24(6-8-26)19-47-39(58)30-18-29(55)20-54(30)40(59)36(42(2,3)4)50-31(56)21-62-15-16-63-32-17-28(13-14-46-32)49-38-33(37(45)57)34(51-52-38)25-9-11-27(12-10-25)53-65(60,61)41(43)44/h5-14,17,22,29-30,36,41,53,55H,15-16,18-21H2,1-4H3,(H2,45,57)(H,47,58)(H,50,56)(H2,46,49,51,52)/t29-,30+,36?/m1/s1. The average molecular weight is 939 g/mol. The van der Waals surface area contributed by atoms with Crippen molar-refractivity contribution in [2.45, 2.75) is 64.6 Å². The maximum atomic E-state index is 14.0. The number of β-amino-alcohol motifs (C(OH)–C–C–N with tert-alkyl or cyclic N) is 1. The van der Waals surface area contributed by atoms with Crippen LogP contribution in [0.4, 0.5) is 26.0 Å². The van der Waals surface area contributed by atoms with Crippen molar-refractivity contribution in [3.63, 3.8) is 0 Å². The van der Waals surface area contributed by atoms with Gasteiger partial charge in [-0.2, -0.15) is 13.9 Å². The summed E-state index contributed by atoms with van der Waals surface area (Å²) < 4.78 is 61.5. The van der Waals surface area contributed by atoms with E-state index >= 15 is 0 Å². The molecule has 5 aromatic rings. The van der Waals surface area contributed by atoms with Gasteiger partial charge in [-0.25, -0.2) is 18.4 Å². The number of hydrogen-bond donors (Lipinski definition) is 7. The fourth-order valence-corrected chi connectivity index (χ4v) is 8.22. The molecule has 0 spiro atoms. The predicted molar refractivity (Wildman–Crippen MR) is 237 cm³/mol. The Kier molecular flexibility index (Phi) is 15.1. The van der Waals surface area contributed by atoms with Gasteiger partial charge in [0.15, 0.2) is 5.82 Å². The van der Waals surface area contributed by atoms with Gasteiger partial charge < -0.3 is 41.2 Å². The number of rotatable bonds is 19. The molecule has 346 valence electrons. The van der Waals surface area contributed by atoms with Crippen molar-refractivity contribution in [3.8, 4) is 27.6 Å². The number of aromatic nitrogens is 4. The van der Waals surface area contributed by atoms with Crippen molar-refractivity contribution in [2.24, 2.45) is 11.1 Å². The molecule has 1 fully saturated rings. The van der Waals surface area contributed by atoms with Crippen LogP contribution in [0.1, 0.15) is 48.8 Å². The van der Waals surface area contributed by atoms with E-state index in [9.17, 15) is 41.5 Å². The van der Waals surface area contributed by atoms with E-state index in [2.05, 4.69) is 36.1 Å². The molecule has 23 heteroatoms. The minimum atomic E-state index is -4.88. The summed E-state index contributed by atoms with van der Waals surface area (Å²) in [5.41, 5.74) is 10.2. The number of primary amides is 1. The van der Waals surface area contributed by atoms with E-state index in [4.69, 9.17) is 15.2 Å². The van der Waals surface area contributed by atoms with E-state index < -0.39 is 69.6 Å². The van der Waals surface area contributed by atoms with E-state index in [1.807, 2.05) is 31.2 Å². The summed E-state index contributed by atoms with van der Waals surface area (Å²) in [5, 5.41) is 26.0. The lowest BCUT2D eigenvalue weighted by Gasteiger charge is -2.35. The van der Waals surface area contributed by atoms with E-state index in [1.165, 1.54) is 41.4 Å². The van der Waals surface area contributed by atoms with Crippen LogP contribution in [0.25, 0.3) is 21.7 Å². The molecular weight excluding hydrogens is 891 g/mol. The molecule has 1 aliphatic heterocycles. The van der Waals surface area contributed by atoms with E-state index in [0.717, 1.165) is 21.7 Å². The third kappa shape index (κ3) is 12.2. The van der Waals surface area contributed by atoms with Gasteiger partial charge in [0.05, 0.1) is 34.5 Å². The Morgan fingerprint density at radius 1 is 1.02 bits per heavy atom. The van der Waals surface area contributed by atoms with E-state index in [-0.39, 0.29) is 61.4 Å². The fraction of sp³-hybridized carbons (Fsp3) is 0.357. The molecule has 0 saturated carbocycles. The second-order valence-corrected chi connectivity index (χ2v) is 18.5. The van der Waals surface area contributed by atoms with Gasteiger partial charge in [-0.15, -0.1) is 11.3 Å². The zero-order valence-corrected chi connectivity index (χ0v) is 37.3. The Labute approximate surface area is 376 Å². The monoisotopic (exact) mass is 938 g/mol. The molecule has 3 atom stereocenters. The number of halogens is 2. The highest BCUT2D eigenvalue weighted by atomic mass is 32.2. The number of H-pyrrole nitrogens is 1. The Bertz CT molecular complexity index is 2600. The molecule has 1 unspecified atom stereocenters. The third-order valence-electron chi connectivity index (χ3n) is 10.1. The number of benzene rings is 2. The number of anilines is 3. The van der Waals surface area contributed by atoms with Crippen molar-refractivity contribution in [1.29, 1.82) is 0 Å². The number of alkyl halides is 2. The van der Waals surface area contributed by atoms with Gasteiger partial charge in [0, 0.05) is 48.7 Å². The highest BCUT2D eigenvalue weighted by Gasteiger charge is 2.44. The molecule has 0 radical (unpaired) electrons. The first-order chi connectivity index (χ1) is 30.8. The number of aromatic amines is 1. The summed E-state index contributed by atoms with van der Waals surface area (Å²) in [6.45, 7) is 6.90. The zero-order valence-electron chi connectivity index (χ0n) is 35.6. The maximum Gasteiger partial charge on any atom is 0.355 e. The zero-order chi connectivity index (χ0) is 47.1. The number of pyridine rings is 1. The lowest BCUT2D eigenvalue weighted by molar-refractivity contribution is -0.144. The second kappa shape index (κ2) is 20.5. The summed E-state index contributed by atoms with van der Waals surface area (Å²) in [5.74, 6) is -5.83. The minimum absolute atomic E-state index is 0.0354. The van der Waals surface area contributed by atoms with Crippen molar-refractivity contribution in [3.05, 3.63) is 89.2 Å². The smallest absolute Gasteiger partial charge is 0.355 e. The van der Waals surface area contributed by atoms with Crippen LogP contribution in [-0.2, 0) is 35.7 Å². The number of nitrogens with two attached hydrogens (primary N) is 1. The van der Waals surface area contributed by atoms with Crippen LogP contribution in [0, 0.1) is 12.3 Å². The van der Waals surface area contributed by atoms with Crippen LogP contribution in [0.5, 0.6) is 5.88 Å². The molecule has 0 bridgehead atoms. The van der Waals surface area contributed by atoms with Crippen LogP contribution in [0.15, 0.2) is 72.4 Å². The van der Waals surface area contributed by atoms with Crippen LogP contribution in [-0.4, -0.2) is 113 Å². The summed E-state index contributed by atoms with van der Waals surface area (Å²) in [7, 11) is -4.88. The first-order valence-corrected chi connectivity index (χ1v) is 22.5. The normalized spacial score (nSPS) is 15.7. The third-order valence-corrected chi connectivity index (χ3v) is 12.1. The van der Waals surface area contributed by atoms with Crippen LogP contribution >= 0.6 is 11.3 Å². The molecule has 19 nitrogen and oxygen atoms in total. The Morgan fingerprint density at radius 2 is 1.72 bits per heavy atom. The van der Waals surface area contributed by atoms with Crippen molar-refractivity contribution in [1.82, 2.24) is 35.7 Å². The van der Waals surface area contributed by atoms with Gasteiger partial charge >= 0.3 is 5.76 Å². The number of ether oxygens (including phenoxy) is 2. The number of carbonyl (C=O) groups excluding carboxylic acids is 4. The van der Waals surface area contributed by atoms with Gasteiger partial charge in [-0.3, -0.25) is 29.0 Å². The number of thiazole rings is 1. The summed E-state index contributed by atoms with van der Waals surface area (Å²) >= 11 is 1.55. The average Bonchev–Trinajstić information content (AvgIpc) is 4.00. The SMILES string of the molecule is Cc1ncsc1-c1ccc(CNC(=O)[C@@H]2C[C@@H](O)CN2C(=O)C(NC(=O)COCCOc2cc(Nc3n[nH]c(-c4ccc(NS(=O)(=O)C(F)F)cc4)c3C(N)=O)ccn2)C(C)(C)C)cc1. The van der Waals surface area contributed by atoms with Crippen LogP contribution in [0.2, 0.25) is 0 Å². The fourth-order valence-electron chi connectivity index (χ4n) is 6.85. The van der Waals surface area contributed by atoms with Crippen molar-refractivity contribution >= 4 is 62.2 Å². The maximum absolute atomic E-state index is 14.0.